The molecule has 2 N–H and O–H groups in total. The molecule has 0 aliphatic carbocycles. The number of anilines is 1. The monoisotopic (exact) mass is 381 g/mol. The Hall–Kier alpha value is -2.51. The van der Waals surface area contributed by atoms with Crippen molar-refractivity contribution in [3.05, 3.63) is 41.5 Å². The molecule has 0 bridgehead atoms. The smallest absolute Gasteiger partial charge is 0.222 e. The second-order valence-corrected chi connectivity index (χ2v) is 8.09. The number of carbonyl (C=O) groups excluding carboxylic acids is 1. The van der Waals surface area contributed by atoms with E-state index in [1.807, 2.05) is 32.3 Å². The van der Waals surface area contributed by atoms with Crippen LogP contribution >= 0.6 is 11.3 Å². The first kappa shape index (κ1) is 17.9. The predicted octanol–water partition coefficient (Wildman–Crippen LogP) is 2.73. The molecule has 140 valence electrons. The normalized spacial score (nSPS) is 17.1. The molecule has 27 heavy (non-hydrogen) atoms. The number of thiophene rings is 1. The Bertz CT molecular complexity index is 969. The number of nitrogens with zero attached hydrogens (tertiary/aromatic N) is 4. The maximum atomic E-state index is 11.7. The Morgan fingerprint density at radius 2 is 2.07 bits per heavy atom. The Morgan fingerprint density at radius 1 is 1.30 bits per heavy atom. The molecule has 0 saturated carbocycles. The van der Waals surface area contributed by atoms with Crippen LogP contribution in [0, 0.1) is 5.92 Å². The van der Waals surface area contributed by atoms with Crippen LogP contribution in [0.3, 0.4) is 0 Å². The van der Waals surface area contributed by atoms with Gasteiger partial charge in [0.05, 0.1) is 17.8 Å². The van der Waals surface area contributed by atoms with Crippen LogP contribution in [0.15, 0.2) is 35.7 Å². The Balaban J connectivity index is 1.85. The zero-order valence-electron chi connectivity index (χ0n) is 15.6. The van der Waals surface area contributed by atoms with Gasteiger partial charge in [-0.05, 0) is 26.1 Å². The number of carbonyl (C=O) groups is 1. The number of hydrogen-bond acceptors (Lipinski definition) is 6. The third-order valence-corrected chi connectivity index (χ3v) is 5.77. The van der Waals surface area contributed by atoms with Crippen molar-refractivity contribution in [2.24, 2.45) is 11.7 Å². The quantitative estimate of drug-likeness (QED) is 0.735. The first-order chi connectivity index (χ1) is 13.0. The zero-order chi connectivity index (χ0) is 19.0. The molecule has 2 aromatic heterocycles. The van der Waals surface area contributed by atoms with E-state index >= 15 is 0 Å². The van der Waals surface area contributed by atoms with Crippen LogP contribution in [0.25, 0.3) is 21.3 Å². The minimum atomic E-state index is -0.232. The molecule has 7 heteroatoms. The highest BCUT2D eigenvalue weighted by molar-refractivity contribution is 7.17. The van der Waals surface area contributed by atoms with Crippen molar-refractivity contribution in [2.75, 3.05) is 32.1 Å². The van der Waals surface area contributed by atoms with Gasteiger partial charge in [-0.25, -0.2) is 9.97 Å². The van der Waals surface area contributed by atoms with E-state index in [4.69, 9.17) is 15.7 Å². The number of hydrogen-bond donors (Lipinski definition) is 1. The maximum Gasteiger partial charge on any atom is 0.222 e. The fourth-order valence-electron chi connectivity index (χ4n) is 3.56. The van der Waals surface area contributed by atoms with Gasteiger partial charge in [-0.3, -0.25) is 4.79 Å². The summed E-state index contributed by atoms with van der Waals surface area (Å²) in [7, 11) is 4.02. The van der Waals surface area contributed by atoms with E-state index in [2.05, 4.69) is 27.3 Å². The zero-order valence-corrected chi connectivity index (χ0v) is 16.4. The topological polar surface area (TPSA) is 75.3 Å². The number of fused-ring (bicyclic) bond motifs is 1. The van der Waals surface area contributed by atoms with E-state index in [1.165, 1.54) is 0 Å². The Labute approximate surface area is 162 Å². The highest BCUT2D eigenvalue weighted by atomic mass is 32.1. The van der Waals surface area contributed by atoms with Gasteiger partial charge in [-0.2, -0.15) is 0 Å². The fourth-order valence-corrected chi connectivity index (χ4v) is 4.52. The van der Waals surface area contributed by atoms with Gasteiger partial charge in [0.1, 0.15) is 16.5 Å². The van der Waals surface area contributed by atoms with E-state index in [-0.39, 0.29) is 11.8 Å². The molecule has 1 atom stereocenters. The van der Waals surface area contributed by atoms with Crippen molar-refractivity contribution >= 4 is 33.3 Å². The molecule has 1 unspecified atom stereocenters. The lowest BCUT2D eigenvalue weighted by Crippen LogP contribution is -2.28. The first-order valence-corrected chi connectivity index (χ1v) is 9.93. The van der Waals surface area contributed by atoms with Gasteiger partial charge in [0.15, 0.2) is 0 Å². The molecule has 4 rings (SSSR count). The summed E-state index contributed by atoms with van der Waals surface area (Å²) in [5, 5.41) is 3.22. The molecule has 1 saturated heterocycles. The molecule has 1 amide bonds. The molecule has 1 aliphatic rings. The minimum Gasteiger partial charge on any atom is -0.369 e. The van der Waals surface area contributed by atoms with E-state index in [9.17, 15) is 4.79 Å². The van der Waals surface area contributed by atoms with Crippen LogP contribution in [-0.4, -0.2) is 48.0 Å². The summed E-state index contributed by atoms with van der Waals surface area (Å²) in [6.45, 7) is 2.08. The van der Waals surface area contributed by atoms with Crippen molar-refractivity contribution in [1.82, 2.24) is 14.9 Å². The first-order valence-electron chi connectivity index (χ1n) is 9.05. The number of primary amides is 1. The number of nitrogens with two attached hydrogens (primary N) is 1. The molecule has 0 radical (unpaired) electrons. The summed E-state index contributed by atoms with van der Waals surface area (Å²) < 4.78 is 0. The van der Waals surface area contributed by atoms with E-state index in [0.717, 1.165) is 46.0 Å². The third kappa shape index (κ3) is 3.52. The van der Waals surface area contributed by atoms with Gasteiger partial charge in [0.2, 0.25) is 5.91 Å². The van der Waals surface area contributed by atoms with Crippen LogP contribution in [0.1, 0.15) is 12.2 Å². The fraction of sp³-hybridized carbons (Fsp3) is 0.350. The number of amides is 1. The summed E-state index contributed by atoms with van der Waals surface area (Å²) in [4.78, 5) is 26.6. The number of benzene rings is 1. The van der Waals surface area contributed by atoms with Crippen LogP contribution in [0.5, 0.6) is 0 Å². The van der Waals surface area contributed by atoms with Crippen molar-refractivity contribution in [3.8, 4) is 11.1 Å². The molecule has 1 aromatic carbocycles. The number of aromatic nitrogens is 2. The predicted molar refractivity (Wildman–Crippen MR) is 110 cm³/mol. The van der Waals surface area contributed by atoms with Crippen LogP contribution in [0.4, 0.5) is 5.82 Å². The lowest BCUT2D eigenvalue weighted by molar-refractivity contribution is -0.121. The van der Waals surface area contributed by atoms with E-state index in [1.54, 1.807) is 11.3 Å². The Morgan fingerprint density at radius 3 is 2.74 bits per heavy atom. The van der Waals surface area contributed by atoms with Crippen molar-refractivity contribution in [3.63, 3.8) is 0 Å². The van der Waals surface area contributed by atoms with Crippen LogP contribution < -0.4 is 10.6 Å². The average molecular weight is 382 g/mol. The van der Waals surface area contributed by atoms with Crippen LogP contribution in [0.2, 0.25) is 0 Å². The third-order valence-electron chi connectivity index (χ3n) is 4.89. The molecule has 6 nitrogen and oxygen atoms in total. The largest absolute Gasteiger partial charge is 0.369 e. The molecule has 0 spiro atoms. The van der Waals surface area contributed by atoms with E-state index < -0.39 is 0 Å². The molecular formula is C20H23N5OS. The summed E-state index contributed by atoms with van der Waals surface area (Å²) in [6, 6.07) is 10.3. The van der Waals surface area contributed by atoms with E-state index in [0.29, 0.717) is 13.1 Å². The second-order valence-electron chi connectivity index (χ2n) is 7.23. The van der Waals surface area contributed by atoms with Gasteiger partial charge < -0.3 is 15.5 Å². The summed E-state index contributed by atoms with van der Waals surface area (Å²) in [5.74, 6) is 1.36. The maximum absolute atomic E-state index is 11.7. The highest BCUT2D eigenvalue weighted by Crippen LogP contribution is 2.39. The van der Waals surface area contributed by atoms with Crippen LogP contribution in [-0.2, 0) is 11.3 Å². The lowest BCUT2D eigenvalue weighted by Gasteiger charge is -2.20. The molecule has 3 heterocycles. The average Bonchev–Trinajstić information content (AvgIpc) is 3.29. The highest BCUT2D eigenvalue weighted by Gasteiger charge is 2.30. The van der Waals surface area contributed by atoms with Gasteiger partial charge in [-0.15, -0.1) is 11.3 Å². The minimum absolute atomic E-state index is 0.119. The van der Waals surface area contributed by atoms with Crippen molar-refractivity contribution in [2.45, 2.75) is 13.0 Å². The van der Waals surface area contributed by atoms with Crippen molar-refractivity contribution < 1.29 is 4.79 Å². The molecule has 1 aliphatic heterocycles. The molecular weight excluding hydrogens is 358 g/mol. The van der Waals surface area contributed by atoms with Gasteiger partial charge in [-0.1, -0.05) is 30.3 Å². The van der Waals surface area contributed by atoms with Gasteiger partial charge in [0.25, 0.3) is 0 Å². The number of rotatable bonds is 5. The second kappa shape index (κ2) is 7.25. The summed E-state index contributed by atoms with van der Waals surface area (Å²) in [6.07, 6.45) is 0.772. The Kier molecular flexibility index (Phi) is 4.80. The standard InChI is InChI=1S/C20H23N5OS/c1-24(2)11-16-22-19(25-9-8-14(10-25)18(21)26)17-15(12-27-20(17)23-16)13-6-4-3-5-7-13/h3-7,12,14H,8-11H2,1-2H3,(H2,21,26). The summed E-state index contributed by atoms with van der Waals surface area (Å²) >= 11 is 1.64. The SMILES string of the molecule is CN(C)Cc1nc(N2CCC(C(N)=O)C2)c2c(-c3ccccc3)csc2n1. The summed E-state index contributed by atoms with van der Waals surface area (Å²) in [5.41, 5.74) is 7.84. The van der Waals surface area contributed by atoms with Gasteiger partial charge >= 0.3 is 0 Å². The lowest BCUT2D eigenvalue weighted by atomic mass is 10.1. The molecule has 3 aromatic rings. The molecule has 1 fully saturated rings. The van der Waals surface area contributed by atoms with Gasteiger partial charge in [0, 0.05) is 24.0 Å². The van der Waals surface area contributed by atoms with Crippen molar-refractivity contribution in [1.29, 1.82) is 0 Å².